The van der Waals surface area contributed by atoms with Crippen molar-refractivity contribution in [2.24, 2.45) is 0 Å². The molecule has 2 N–H and O–H groups in total. The van der Waals surface area contributed by atoms with E-state index in [1.165, 1.54) is 6.07 Å². The molecule has 0 unspecified atom stereocenters. The fourth-order valence-electron chi connectivity index (χ4n) is 4.41. The summed E-state index contributed by atoms with van der Waals surface area (Å²) in [5.41, 5.74) is 1.83. The number of amides is 2. The normalized spacial score (nSPS) is 17.4. The van der Waals surface area contributed by atoms with Gasteiger partial charge in [-0.2, -0.15) is 5.06 Å². The van der Waals surface area contributed by atoms with Gasteiger partial charge in [-0.1, -0.05) is 24.3 Å². The number of para-hydroxylation sites is 1. The highest BCUT2D eigenvalue weighted by Crippen LogP contribution is 2.31. The van der Waals surface area contributed by atoms with Crippen molar-refractivity contribution in [1.82, 2.24) is 25.1 Å². The monoisotopic (exact) mass is 558 g/mol. The van der Waals surface area contributed by atoms with Crippen LogP contribution < -0.4 is 15.4 Å². The number of rotatable bonds is 12. The Labute approximate surface area is 232 Å². The molecule has 3 aromatic rings. The zero-order chi connectivity index (χ0) is 28.6. The lowest BCUT2D eigenvalue weighted by Gasteiger charge is -2.20. The minimum absolute atomic E-state index is 0.317. The topological polar surface area (TPSA) is 93.1 Å². The maximum Gasteiger partial charge on any atom is 0.320 e. The first-order valence-electron chi connectivity index (χ1n) is 13.1. The van der Waals surface area contributed by atoms with Crippen LogP contribution in [-0.4, -0.2) is 85.9 Å². The third kappa shape index (κ3) is 7.33. The molecule has 1 saturated heterocycles. The average molecular weight is 559 g/mol. The Morgan fingerprint density at radius 2 is 1.93 bits per heavy atom. The Balaban J connectivity index is 1.53. The molecule has 1 aliphatic heterocycles. The van der Waals surface area contributed by atoms with E-state index in [1.807, 2.05) is 51.4 Å². The number of carbonyl (C=O) groups excluding carboxylic acids is 1. The van der Waals surface area contributed by atoms with Crippen LogP contribution in [-0.2, 0) is 9.57 Å². The molecular formula is C28H36F2N6O4. The van der Waals surface area contributed by atoms with Crippen molar-refractivity contribution in [2.45, 2.75) is 25.5 Å². The van der Waals surface area contributed by atoms with Crippen molar-refractivity contribution in [1.29, 1.82) is 0 Å². The van der Waals surface area contributed by atoms with Crippen LogP contribution in [0.15, 0.2) is 48.5 Å². The van der Waals surface area contributed by atoms with Gasteiger partial charge in [0.1, 0.15) is 11.9 Å². The van der Waals surface area contributed by atoms with Crippen molar-refractivity contribution in [3.8, 4) is 11.6 Å². The number of hydrogen-bond donors (Lipinski definition) is 2. The summed E-state index contributed by atoms with van der Waals surface area (Å²) in [6, 6.07) is 11.9. The van der Waals surface area contributed by atoms with Crippen molar-refractivity contribution in [2.75, 3.05) is 59.4 Å². The summed E-state index contributed by atoms with van der Waals surface area (Å²) in [4.78, 5) is 21.4. The van der Waals surface area contributed by atoms with Gasteiger partial charge in [0, 0.05) is 26.7 Å². The van der Waals surface area contributed by atoms with Crippen LogP contribution in [0.25, 0.3) is 5.69 Å². The molecule has 2 amide bonds. The fourth-order valence-corrected chi connectivity index (χ4v) is 4.41. The van der Waals surface area contributed by atoms with E-state index in [2.05, 4.69) is 20.6 Å². The van der Waals surface area contributed by atoms with Gasteiger partial charge >= 0.3 is 6.03 Å². The standard InChI is InChI=1S/C28H36F2N6O4/c1-19-26(36(21-9-6-5-7-10-21)33-27(19)39-15-8-13-34(2)3)32-28(37)31-24-18-35(14-16-38-4)40-25(24)20-11-12-22(29)23(30)17-20/h5-7,9-12,17,24-25H,8,13-16,18H2,1-4H3,(H2,31,32,37)/t24-,25+/m1/s1. The zero-order valence-corrected chi connectivity index (χ0v) is 23.2. The maximum atomic E-state index is 14.0. The summed E-state index contributed by atoms with van der Waals surface area (Å²) in [5, 5.41) is 12.1. The lowest BCUT2D eigenvalue weighted by Crippen LogP contribution is -2.42. The molecule has 2 heterocycles. The molecule has 2 atom stereocenters. The van der Waals surface area contributed by atoms with E-state index < -0.39 is 29.8 Å². The van der Waals surface area contributed by atoms with Crippen molar-refractivity contribution < 1.29 is 27.9 Å². The predicted octanol–water partition coefficient (Wildman–Crippen LogP) is 3.91. The summed E-state index contributed by atoms with van der Waals surface area (Å²) >= 11 is 0. The van der Waals surface area contributed by atoms with Crippen LogP contribution in [0.3, 0.4) is 0 Å². The molecular weight excluding hydrogens is 522 g/mol. The second-order valence-electron chi connectivity index (χ2n) is 9.82. The average Bonchev–Trinajstić information content (AvgIpc) is 3.47. The fraction of sp³-hybridized carbons (Fsp3) is 0.429. The smallest absolute Gasteiger partial charge is 0.320 e. The van der Waals surface area contributed by atoms with Gasteiger partial charge in [0.05, 0.1) is 30.5 Å². The number of carbonyl (C=O) groups is 1. The molecule has 12 heteroatoms. The Kier molecular flexibility index (Phi) is 10.0. The number of hydroxylamine groups is 2. The van der Waals surface area contributed by atoms with Gasteiger partial charge in [-0.15, -0.1) is 5.10 Å². The molecule has 0 saturated carbocycles. The molecule has 1 aliphatic rings. The van der Waals surface area contributed by atoms with Crippen molar-refractivity contribution in [3.63, 3.8) is 0 Å². The van der Waals surface area contributed by atoms with Crippen LogP contribution >= 0.6 is 0 Å². The summed E-state index contributed by atoms with van der Waals surface area (Å²) in [6.45, 7) is 4.33. The minimum Gasteiger partial charge on any atom is -0.476 e. The van der Waals surface area contributed by atoms with E-state index in [0.29, 0.717) is 49.1 Å². The van der Waals surface area contributed by atoms with Crippen LogP contribution in [0.2, 0.25) is 0 Å². The number of nitrogens with zero attached hydrogens (tertiary/aromatic N) is 4. The van der Waals surface area contributed by atoms with Crippen LogP contribution in [0.5, 0.6) is 5.88 Å². The Morgan fingerprint density at radius 1 is 1.15 bits per heavy atom. The molecule has 4 rings (SSSR count). The Morgan fingerprint density at radius 3 is 2.62 bits per heavy atom. The number of benzene rings is 2. The number of aromatic nitrogens is 2. The van der Waals surface area contributed by atoms with Crippen LogP contribution in [0.1, 0.15) is 23.7 Å². The minimum atomic E-state index is -0.986. The highest BCUT2D eigenvalue weighted by molar-refractivity contribution is 5.90. The van der Waals surface area contributed by atoms with Gasteiger partial charge in [-0.3, -0.25) is 10.2 Å². The first-order chi connectivity index (χ1) is 19.3. The zero-order valence-electron chi connectivity index (χ0n) is 23.2. The number of nitrogens with one attached hydrogen (secondary N) is 2. The number of urea groups is 1. The summed E-state index contributed by atoms with van der Waals surface area (Å²) in [7, 11) is 5.57. The summed E-state index contributed by atoms with van der Waals surface area (Å²) < 4.78 is 40.3. The third-order valence-electron chi connectivity index (χ3n) is 6.46. The molecule has 0 spiro atoms. The first kappa shape index (κ1) is 29.4. The van der Waals surface area contributed by atoms with Gasteiger partial charge in [-0.25, -0.2) is 18.3 Å². The highest BCUT2D eigenvalue weighted by Gasteiger charge is 2.37. The molecule has 0 bridgehead atoms. The molecule has 2 aromatic carbocycles. The summed E-state index contributed by atoms with van der Waals surface area (Å²) in [5.74, 6) is -1.07. The quantitative estimate of drug-likeness (QED) is 0.326. The molecule has 40 heavy (non-hydrogen) atoms. The van der Waals surface area contributed by atoms with Crippen LogP contribution in [0, 0.1) is 18.6 Å². The van der Waals surface area contributed by atoms with E-state index in [1.54, 1.807) is 16.9 Å². The second-order valence-corrected chi connectivity index (χ2v) is 9.82. The largest absolute Gasteiger partial charge is 0.476 e. The maximum absolute atomic E-state index is 14.0. The Bertz CT molecular complexity index is 1270. The van der Waals surface area contributed by atoms with Gasteiger partial charge in [0.25, 0.3) is 0 Å². The third-order valence-corrected chi connectivity index (χ3v) is 6.46. The van der Waals surface area contributed by atoms with Gasteiger partial charge in [-0.05, 0) is 57.3 Å². The van der Waals surface area contributed by atoms with Gasteiger partial charge in [0.2, 0.25) is 5.88 Å². The van der Waals surface area contributed by atoms with Crippen molar-refractivity contribution >= 4 is 11.8 Å². The SMILES string of the molecule is COCCN1C[C@@H](NC(=O)Nc2c(C)c(OCCCN(C)C)nn2-c2ccccc2)[C@H](c2ccc(F)c(F)c2)O1. The number of halogens is 2. The lowest BCUT2D eigenvalue weighted by atomic mass is 10.0. The molecule has 1 aromatic heterocycles. The molecule has 216 valence electrons. The molecule has 0 aliphatic carbocycles. The second kappa shape index (κ2) is 13.7. The highest BCUT2D eigenvalue weighted by atomic mass is 19.2. The van der Waals surface area contributed by atoms with E-state index in [0.717, 1.165) is 30.8 Å². The van der Waals surface area contributed by atoms with Gasteiger partial charge in [0.15, 0.2) is 11.6 Å². The lowest BCUT2D eigenvalue weighted by molar-refractivity contribution is -0.154. The van der Waals surface area contributed by atoms with E-state index in [9.17, 15) is 13.6 Å². The number of ether oxygens (including phenoxy) is 2. The molecule has 10 nitrogen and oxygen atoms in total. The summed E-state index contributed by atoms with van der Waals surface area (Å²) in [6.07, 6.45) is 0.0916. The molecule has 0 radical (unpaired) electrons. The van der Waals surface area contributed by atoms with E-state index >= 15 is 0 Å². The van der Waals surface area contributed by atoms with E-state index in [4.69, 9.17) is 14.3 Å². The number of hydrogen-bond acceptors (Lipinski definition) is 7. The Hall–Kier alpha value is -3.58. The van der Waals surface area contributed by atoms with Crippen molar-refractivity contribution in [3.05, 3.63) is 71.3 Å². The van der Waals surface area contributed by atoms with E-state index in [-0.39, 0.29) is 0 Å². The van der Waals surface area contributed by atoms with Gasteiger partial charge < -0.3 is 19.7 Å². The predicted molar refractivity (Wildman–Crippen MR) is 147 cm³/mol. The molecule has 1 fully saturated rings. The first-order valence-corrected chi connectivity index (χ1v) is 13.1. The number of methoxy groups -OCH3 is 1. The number of anilines is 1. The van der Waals surface area contributed by atoms with Crippen LogP contribution in [0.4, 0.5) is 19.4 Å².